The second-order valence-electron chi connectivity index (χ2n) is 3.43. The van der Waals surface area contributed by atoms with E-state index in [1.807, 2.05) is 6.29 Å². The number of hydrogen-bond donors (Lipinski definition) is 1. The quantitative estimate of drug-likeness (QED) is 0.671. The van der Waals surface area contributed by atoms with E-state index >= 15 is 0 Å². The maximum absolute atomic E-state index is 9.95. The minimum absolute atomic E-state index is 0.385. The summed E-state index contributed by atoms with van der Waals surface area (Å²) in [5.41, 5.74) is -0.532. The van der Waals surface area contributed by atoms with Crippen molar-refractivity contribution in [2.24, 2.45) is 0 Å². The van der Waals surface area contributed by atoms with Crippen LogP contribution in [0, 0.1) is 0 Å². The zero-order valence-corrected chi connectivity index (χ0v) is 6.81. The minimum Gasteiger partial charge on any atom is -0.390 e. The van der Waals surface area contributed by atoms with Crippen molar-refractivity contribution in [1.82, 2.24) is 0 Å². The summed E-state index contributed by atoms with van der Waals surface area (Å²) in [5, 5.41) is 9.82. The lowest BCUT2D eigenvalue weighted by Gasteiger charge is -2.31. The van der Waals surface area contributed by atoms with E-state index in [1.165, 1.54) is 6.42 Å². The van der Waals surface area contributed by atoms with Crippen molar-refractivity contribution in [3.8, 4) is 0 Å². The average Bonchev–Trinajstić information content (AvgIpc) is 2.03. The topological polar surface area (TPSA) is 37.3 Å². The van der Waals surface area contributed by atoms with Gasteiger partial charge in [-0.2, -0.15) is 0 Å². The van der Waals surface area contributed by atoms with Gasteiger partial charge < -0.3 is 5.11 Å². The Morgan fingerprint density at radius 1 is 1.27 bits per heavy atom. The Kier molecular flexibility index (Phi) is 3.06. The van der Waals surface area contributed by atoms with E-state index in [-0.39, 0.29) is 0 Å². The van der Waals surface area contributed by atoms with Crippen molar-refractivity contribution in [1.29, 1.82) is 0 Å². The first-order valence-corrected chi connectivity index (χ1v) is 4.34. The normalized spacial score (nSPS) is 23.0. The molecule has 1 aliphatic rings. The summed E-state index contributed by atoms with van der Waals surface area (Å²) in [6.07, 6.45) is 8.00. The van der Waals surface area contributed by atoms with Gasteiger partial charge in [0.15, 0.2) is 6.29 Å². The minimum atomic E-state index is -0.532. The highest BCUT2D eigenvalue weighted by molar-refractivity contribution is 5.50. The maximum Gasteiger partial charge on any atom is 0.198 e. The molecule has 1 rings (SSSR count). The van der Waals surface area contributed by atoms with Crippen LogP contribution in [0.15, 0.2) is 0 Å². The highest BCUT2D eigenvalue weighted by atomic mass is 16.3. The molecule has 1 fully saturated rings. The van der Waals surface area contributed by atoms with Crippen LogP contribution < -0.4 is 0 Å². The first-order chi connectivity index (χ1) is 5.27. The molecule has 0 spiro atoms. The number of rotatable bonds is 3. The third-order valence-corrected chi connectivity index (χ3v) is 2.48. The van der Waals surface area contributed by atoms with Gasteiger partial charge in [-0.15, -0.1) is 0 Å². The SMILES string of the molecule is O=[C]CCC1(O)CCCCC1. The standard InChI is InChI=1S/C9H15O2/c10-8-4-7-9(11)5-2-1-3-6-9/h11H,1-7H2. The zero-order chi connectivity index (χ0) is 8.16. The molecule has 0 atom stereocenters. The summed E-state index contributed by atoms with van der Waals surface area (Å²) in [4.78, 5) is 9.95. The van der Waals surface area contributed by atoms with Crippen LogP contribution >= 0.6 is 0 Å². The highest BCUT2D eigenvalue weighted by Gasteiger charge is 2.28. The molecule has 0 heterocycles. The second-order valence-corrected chi connectivity index (χ2v) is 3.43. The van der Waals surface area contributed by atoms with Gasteiger partial charge in [0.2, 0.25) is 0 Å². The van der Waals surface area contributed by atoms with Crippen molar-refractivity contribution in [2.45, 2.75) is 50.5 Å². The molecule has 0 aromatic heterocycles. The Morgan fingerprint density at radius 2 is 1.91 bits per heavy atom. The molecule has 0 aliphatic heterocycles. The van der Waals surface area contributed by atoms with Crippen molar-refractivity contribution in [3.05, 3.63) is 0 Å². The van der Waals surface area contributed by atoms with Gasteiger partial charge >= 0.3 is 0 Å². The van der Waals surface area contributed by atoms with Crippen LogP contribution in [0.3, 0.4) is 0 Å². The molecule has 1 saturated carbocycles. The number of hydrogen-bond acceptors (Lipinski definition) is 2. The average molecular weight is 155 g/mol. The van der Waals surface area contributed by atoms with Gasteiger partial charge in [0.1, 0.15) is 0 Å². The summed E-state index contributed by atoms with van der Waals surface area (Å²) in [7, 11) is 0. The molecule has 0 aromatic rings. The van der Waals surface area contributed by atoms with Gasteiger partial charge in [0.25, 0.3) is 0 Å². The van der Waals surface area contributed by atoms with E-state index in [9.17, 15) is 9.90 Å². The Balaban J connectivity index is 2.30. The monoisotopic (exact) mass is 155 g/mol. The molecule has 0 saturated heterocycles. The van der Waals surface area contributed by atoms with E-state index in [2.05, 4.69) is 0 Å². The largest absolute Gasteiger partial charge is 0.390 e. The molecule has 0 unspecified atom stereocenters. The van der Waals surface area contributed by atoms with E-state index in [0.29, 0.717) is 12.8 Å². The summed E-state index contributed by atoms with van der Waals surface area (Å²) in [5.74, 6) is 0. The smallest absolute Gasteiger partial charge is 0.198 e. The lowest BCUT2D eigenvalue weighted by atomic mass is 9.82. The van der Waals surface area contributed by atoms with Crippen LogP contribution in [0.4, 0.5) is 0 Å². The van der Waals surface area contributed by atoms with E-state index < -0.39 is 5.60 Å². The lowest BCUT2D eigenvalue weighted by Crippen LogP contribution is -2.31. The van der Waals surface area contributed by atoms with Crippen LogP contribution in [0.2, 0.25) is 0 Å². The third-order valence-electron chi connectivity index (χ3n) is 2.48. The predicted octanol–water partition coefficient (Wildman–Crippen LogP) is 1.57. The molecule has 1 radical (unpaired) electrons. The van der Waals surface area contributed by atoms with Crippen molar-refractivity contribution in [3.63, 3.8) is 0 Å². The number of aliphatic hydroxyl groups is 1. The maximum atomic E-state index is 9.95. The van der Waals surface area contributed by atoms with Crippen molar-refractivity contribution in [2.75, 3.05) is 0 Å². The highest BCUT2D eigenvalue weighted by Crippen LogP contribution is 2.31. The fraction of sp³-hybridized carbons (Fsp3) is 0.889. The number of carbonyl (C=O) groups excluding carboxylic acids is 1. The fourth-order valence-corrected chi connectivity index (χ4v) is 1.74. The second kappa shape index (κ2) is 3.86. The molecular weight excluding hydrogens is 140 g/mol. The van der Waals surface area contributed by atoms with E-state index in [1.54, 1.807) is 0 Å². The summed E-state index contributed by atoms with van der Waals surface area (Å²) in [6, 6.07) is 0. The lowest BCUT2D eigenvalue weighted by molar-refractivity contribution is -0.00201. The molecule has 1 aliphatic carbocycles. The van der Waals surface area contributed by atoms with Gasteiger partial charge in [-0.05, 0) is 19.3 Å². The molecule has 0 aromatic carbocycles. The summed E-state index contributed by atoms with van der Waals surface area (Å²) >= 11 is 0. The van der Waals surface area contributed by atoms with Crippen LogP contribution in [0.5, 0.6) is 0 Å². The molecule has 11 heavy (non-hydrogen) atoms. The van der Waals surface area contributed by atoms with Gasteiger partial charge in [-0.3, -0.25) is 4.79 Å². The summed E-state index contributed by atoms with van der Waals surface area (Å²) < 4.78 is 0. The van der Waals surface area contributed by atoms with Crippen LogP contribution in [-0.4, -0.2) is 17.0 Å². The molecule has 1 N–H and O–H groups in total. The van der Waals surface area contributed by atoms with Crippen molar-refractivity contribution >= 4 is 6.29 Å². The van der Waals surface area contributed by atoms with Crippen LogP contribution in [0.1, 0.15) is 44.9 Å². The first-order valence-electron chi connectivity index (χ1n) is 4.34. The Bertz CT molecular complexity index is 126. The molecular formula is C9H15O2. The third kappa shape index (κ3) is 2.62. The Hall–Kier alpha value is -0.370. The van der Waals surface area contributed by atoms with Gasteiger partial charge in [0, 0.05) is 6.42 Å². The Labute approximate surface area is 67.6 Å². The molecule has 0 amide bonds. The van der Waals surface area contributed by atoms with Gasteiger partial charge in [-0.25, -0.2) is 0 Å². The zero-order valence-electron chi connectivity index (χ0n) is 6.81. The van der Waals surface area contributed by atoms with E-state index in [4.69, 9.17) is 0 Å². The first kappa shape index (κ1) is 8.72. The molecule has 63 valence electrons. The van der Waals surface area contributed by atoms with Crippen molar-refractivity contribution < 1.29 is 9.90 Å². The summed E-state index contributed by atoms with van der Waals surface area (Å²) in [6.45, 7) is 0. The predicted molar refractivity (Wildman–Crippen MR) is 43.0 cm³/mol. The molecule has 0 bridgehead atoms. The molecule has 2 heteroatoms. The van der Waals surface area contributed by atoms with Crippen LogP contribution in [-0.2, 0) is 4.79 Å². The van der Waals surface area contributed by atoms with Crippen LogP contribution in [0.25, 0.3) is 0 Å². The molecule has 2 nitrogen and oxygen atoms in total. The van der Waals surface area contributed by atoms with Gasteiger partial charge in [0.05, 0.1) is 5.60 Å². The van der Waals surface area contributed by atoms with Gasteiger partial charge in [-0.1, -0.05) is 19.3 Å². The van der Waals surface area contributed by atoms with E-state index in [0.717, 1.165) is 25.7 Å². The fourth-order valence-electron chi connectivity index (χ4n) is 1.74. The Morgan fingerprint density at radius 3 is 2.45 bits per heavy atom.